The number of benzene rings is 2. The van der Waals surface area contributed by atoms with Gasteiger partial charge < -0.3 is 14.0 Å². The number of aromatic nitrogens is 1. The van der Waals surface area contributed by atoms with Gasteiger partial charge in [-0.2, -0.15) is 0 Å². The standard InChI is InChI=1S/C28H31NO3/c1-3-32-27(30)28-16-23(28)22-15-19(31-2)13-14-20(22)26-25(18-9-5-4-6-10-18)21-11-7-8-12-24(21)29(26)17-28/h7-8,11-15,18,23H,3-6,9-10,16-17H2,1-2H3/t23-,28-/m1/s1. The van der Waals surface area contributed by atoms with Crippen molar-refractivity contribution in [3.63, 3.8) is 0 Å². The Morgan fingerprint density at radius 3 is 2.72 bits per heavy atom. The van der Waals surface area contributed by atoms with E-state index in [1.807, 2.05) is 6.92 Å². The van der Waals surface area contributed by atoms with E-state index < -0.39 is 5.41 Å². The molecule has 4 heteroatoms. The molecule has 2 aromatic carbocycles. The monoisotopic (exact) mass is 429 g/mol. The van der Waals surface area contributed by atoms with Gasteiger partial charge in [-0.15, -0.1) is 0 Å². The molecule has 4 nitrogen and oxygen atoms in total. The van der Waals surface area contributed by atoms with Gasteiger partial charge in [-0.05, 0) is 67.5 Å². The van der Waals surface area contributed by atoms with Gasteiger partial charge in [0.05, 0.1) is 24.8 Å². The average molecular weight is 430 g/mol. The summed E-state index contributed by atoms with van der Waals surface area (Å²) in [5.74, 6) is 1.57. The molecule has 0 unspecified atom stereocenters. The maximum Gasteiger partial charge on any atom is 0.314 e. The normalized spacial score (nSPS) is 24.2. The van der Waals surface area contributed by atoms with Gasteiger partial charge in [-0.3, -0.25) is 4.79 Å². The van der Waals surface area contributed by atoms with Crippen molar-refractivity contribution in [2.45, 2.75) is 63.8 Å². The first kappa shape index (κ1) is 19.9. The highest BCUT2D eigenvalue weighted by Crippen LogP contribution is 2.66. The highest BCUT2D eigenvalue weighted by molar-refractivity contribution is 5.95. The van der Waals surface area contributed by atoms with E-state index >= 15 is 0 Å². The van der Waals surface area contributed by atoms with E-state index in [4.69, 9.17) is 9.47 Å². The molecule has 0 spiro atoms. The summed E-state index contributed by atoms with van der Waals surface area (Å²) in [5, 5.41) is 1.36. The van der Waals surface area contributed by atoms with E-state index in [1.165, 1.54) is 65.4 Å². The van der Waals surface area contributed by atoms with E-state index in [-0.39, 0.29) is 11.9 Å². The molecule has 0 radical (unpaired) electrons. The van der Waals surface area contributed by atoms with Crippen molar-refractivity contribution in [2.24, 2.45) is 5.41 Å². The summed E-state index contributed by atoms with van der Waals surface area (Å²) in [5.41, 5.74) is 6.11. The molecule has 0 bridgehead atoms. The summed E-state index contributed by atoms with van der Waals surface area (Å²) < 4.78 is 13.7. The quantitative estimate of drug-likeness (QED) is 0.450. The maximum atomic E-state index is 13.3. The van der Waals surface area contributed by atoms with E-state index in [2.05, 4.69) is 47.0 Å². The first-order chi connectivity index (χ1) is 15.7. The molecule has 1 aliphatic heterocycles. The second-order valence-electron chi connectivity index (χ2n) is 9.79. The van der Waals surface area contributed by atoms with Crippen molar-refractivity contribution in [2.75, 3.05) is 13.7 Å². The van der Waals surface area contributed by atoms with Crippen LogP contribution in [0.25, 0.3) is 22.2 Å². The van der Waals surface area contributed by atoms with E-state index in [9.17, 15) is 4.79 Å². The highest BCUT2D eigenvalue weighted by Gasteiger charge is 2.64. The molecule has 2 fully saturated rings. The summed E-state index contributed by atoms with van der Waals surface area (Å²) in [4.78, 5) is 13.3. The lowest BCUT2D eigenvalue weighted by Gasteiger charge is -2.24. The number of carbonyl (C=O) groups excluding carboxylic acids is 1. The van der Waals surface area contributed by atoms with Gasteiger partial charge in [0.15, 0.2) is 0 Å². The molecule has 2 atom stereocenters. The highest BCUT2D eigenvalue weighted by atomic mass is 16.5. The van der Waals surface area contributed by atoms with Crippen LogP contribution in [-0.2, 0) is 16.1 Å². The predicted molar refractivity (Wildman–Crippen MR) is 126 cm³/mol. The van der Waals surface area contributed by atoms with Gasteiger partial charge in [-0.1, -0.05) is 37.5 Å². The maximum absolute atomic E-state index is 13.3. The van der Waals surface area contributed by atoms with Crippen LogP contribution in [0.2, 0.25) is 0 Å². The predicted octanol–water partition coefficient (Wildman–Crippen LogP) is 6.42. The van der Waals surface area contributed by atoms with Gasteiger partial charge >= 0.3 is 5.97 Å². The largest absolute Gasteiger partial charge is 0.497 e. The fraction of sp³-hybridized carbons (Fsp3) is 0.464. The third kappa shape index (κ3) is 2.78. The number of nitrogens with zero attached hydrogens (tertiary/aromatic N) is 1. The lowest BCUT2D eigenvalue weighted by Crippen LogP contribution is -2.25. The lowest BCUT2D eigenvalue weighted by atomic mass is 9.81. The first-order valence-electron chi connectivity index (χ1n) is 12.1. The Balaban J connectivity index is 1.64. The smallest absolute Gasteiger partial charge is 0.314 e. The van der Waals surface area contributed by atoms with E-state index in [1.54, 1.807) is 7.11 Å². The fourth-order valence-corrected chi connectivity index (χ4v) is 6.50. The minimum absolute atomic E-state index is 0.0522. The summed E-state index contributed by atoms with van der Waals surface area (Å²) in [6, 6.07) is 15.3. The Bertz CT molecular complexity index is 1200. The van der Waals surface area contributed by atoms with Gasteiger partial charge in [0.2, 0.25) is 0 Å². The van der Waals surface area contributed by atoms with Crippen LogP contribution in [0, 0.1) is 5.41 Å². The average Bonchev–Trinajstić information content (AvgIpc) is 3.50. The molecule has 2 saturated carbocycles. The Morgan fingerprint density at radius 1 is 1.12 bits per heavy atom. The van der Waals surface area contributed by atoms with Crippen molar-refractivity contribution in [3.8, 4) is 17.0 Å². The third-order valence-electron chi connectivity index (χ3n) is 8.11. The van der Waals surface area contributed by atoms with Crippen LogP contribution in [-0.4, -0.2) is 24.3 Å². The third-order valence-corrected chi connectivity index (χ3v) is 8.11. The van der Waals surface area contributed by atoms with Crippen LogP contribution >= 0.6 is 0 Å². The number of fused-ring (bicyclic) bond motifs is 7. The molecule has 0 N–H and O–H groups in total. The van der Waals surface area contributed by atoms with Crippen molar-refractivity contribution >= 4 is 16.9 Å². The number of para-hydroxylation sites is 1. The zero-order chi connectivity index (χ0) is 21.9. The Hall–Kier alpha value is -2.75. The number of ether oxygens (including phenoxy) is 2. The van der Waals surface area contributed by atoms with E-state index in [0.29, 0.717) is 19.1 Å². The molecule has 3 aromatic rings. The van der Waals surface area contributed by atoms with Gasteiger partial charge in [0, 0.05) is 28.9 Å². The molecule has 2 heterocycles. The summed E-state index contributed by atoms with van der Waals surface area (Å²) >= 11 is 0. The van der Waals surface area contributed by atoms with Crippen molar-refractivity contribution in [1.82, 2.24) is 4.57 Å². The van der Waals surface area contributed by atoms with Gasteiger partial charge in [0.1, 0.15) is 5.75 Å². The summed E-state index contributed by atoms with van der Waals surface area (Å²) in [6.45, 7) is 3.01. The summed E-state index contributed by atoms with van der Waals surface area (Å²) in [7, 11) is 1.72. The molecular formula is C28H31NO3. The molecule has 166 valence electrons. The second-order valence-corrected chi connectivity index (χ2v) is 9.79. The zero-order valence-corrected chi connectivity index (χ0v) is 19.0. The molecule has 1 aromatic heterocycles. The fourth-order valence-electron chi connectivity index (χ4n) is 6.50. The Labute approximate surface area is 189 Å². The van der Waals surface area contributed by atoms with Crippen molar-refractivity contribution < 1.29 is 14.3 Å². The van der Waals surface area contributed by atoms with Crippen LogP contribution in [0.1, 0.15) is 68.4 Å². The Kier molecular flexibility index (Phi) is 4.60. The van der Waals surface area contributed by atoms with Crippen LogP contribution in [0.3, 0.4) is 0 Å². The van der Waals surface area contributed by atoms with Crippen LogP contribution in [0.5, 0.6) is 5.75 Å². The molecule has 3 aliphatic rings. The number of esters is 1. The van der Waals surface area contributed by atoms with Crippen LogP contribution in [0.15, 0.2) is 42.5 Å². The number of carbonyl (C=O) groups is 1. The topological polar surface area (TPSA) is 40.5 Å². The van der Waals surface area contributed by atoms with Crippen molar-refractivity contribution in [1.29, 1.82) is 0 Å². The minimum atomic E-state index is -0.478. The van der Waals surface area contributed by atoms with Crippen molar-refractivity contribution in [3.05, 3.63) is 53.6 Å². The molecule has 0 amide bonds. The van der Waals surface area contributed by atoms with Gasteiger partial charge in [-0.25, -0.2) is 0 Å². The molecule has 32 heavy (non-hydrogen) atoms. The van der Waals surface area contributed by atoms with Crippen LogP contribution < -0.4 is 4.74 Å². The number of methoxy groups -OCH3 is 1. The number of hydrogen-bond acceptors (Lipinski definition) is 3. The van der Waals surface area contributed by atoms with Crippen LogP contribution in [0.4, 0.5) is 0 Å². The number of rotatable bonds is 4. The van der Waals surface area contributed by atoms with Gasteiger partial charge in [0.25, 0.3) is 0 Å². The lowest BCUT2D eigenvalue weighted by molar-refractivity contribution is -0.150. The minimum Gasteiger partial charge on any atom is -0.497 e. The Morgan fingerprint density at radius 2 is 1.94 bits per heavy atom. The van der Waals surface area contributed by atoms with E-state index in [0.717, 1.165) is 12.2 Å². The zero-order valence-electron chi connectivity index (χ0n) is 19.0. The second kappa shape index (κ2) is 7.40. The number of hydrogen-bond donors (Lipinski definition) is 0. The molecule has 6 rings (SSSR count). The molecular weight excluding hydrogens is 398 g/mol. The SMILES string of the molecule is CCOC(=O)[C@@]12C[C@@H]1c1cc(OC)ccc1-c1c(C3CCCCC3)c3ccccc3n1C2. The molecule has 2 aliphatic carbocycles. The first-order valence-corrected chi connectivity index (χ1v) is 12.1. The molecule has 0 saturated heterocycles. The summed E-state index contributed by atoms with van der Waals surface area (Å²) in [6.07, 6.45) is 7.28.